The van der Waals surface area contributed by atoms with Gasteiger partial charge in [0.25, 0.3) is 5.91 Å². The van der Waals surface area contributed by atoms with Gasteiger partial charge in [-0.25, -0.2) is 9.67 Å². The van der Waals surface area contributed by atoms with E-state index < -0.39 is 42.0 Å². The standard InChI is InChI=1S/C26H20Cl2F7N7O2/c1-3-36-23(44)17-8-14(27)7-13(2)16(17)10-20(43)19-9-15(39-42(19)22-18(28)5-4-6-37-22)12-41-38-11-21(40-41)24(29,30)25(31,32)26(33,34)35/h4-9,11H,3,10,12H2,1-2H3,(H,36,44). The topological polar surface area (TPSA) is 108 Å². The van der Waals surface area contributed by atoms with E-state index in [1.54, 1.807) is 19.9 Å². The number of nitrogens with one attached hydrogen (secondary N) is 1. The van der Waals surface area contributed by atoms with Crippen LogP contribution in [0.3, 0.4) is 0 Å². The number of benzene rings is 1. The third kappa shape index (κ3) is 6.26. The van der Waals surface area contributed by atoms with Crippen LogP contribution >= 0.6 is 23.2 Å². The number of hydrogen-bond acceptors (Lipinski definition) is 6. The van der Waals surface area contributed by atoms with E-state index >= 15 is 0 Å². The second-order valence-electron chi connectivity index (χ2n) is 9.36. The van der Waals surface area contributed by atoms with Crippen LogP contribution < -0.4 is 5.32 Å². The Balaban J connectivity index is 1.73. The molecule has 1 amide bonds. The number of halogens is 9. The number of aromatic nitrogens is 6. The summed E-state index contributed by atoms with van der Waals surface area (Å²) in [6.07, 6.45) is -5.48. The number of Topliss-reactive ketones (excluding diaryl/α,β-unsaturated/α-hetero) is 1. The monoisotopic (exact) mass is 665 g/mol. The molecule has 0 radical (unpaired) electrons. The van der Waals surface area contributed by atoms with Crippen molar-refractivity contribution in [1.29, 1.82) is 0 Å². The minimum absolute atomic E-state index is 0.0222. The van der Waals surface area contributed by atoms with Crippen molar-refractivity contribution in [1.82, 2.24) is 35.1 Å². The first-order chi connectivity index (χ1) is 20.5. The number of aryl methyl sites for hydroxylation is 1. The predicted molar refractivity (Wildman–Crippen MR) is 143 cm³/mol. The molecule has 0 spiro atoms. The Morgan fingerprint density at radius 1 is 1.02 bits per heavy atom. The van der Waals surface area contributed by atoms with Crippen molar-refractivity contribution in [3.63, 3.8) is 0 Å². The van der Waals surface area contributed by atoms with Crippen molar-refractivity contribution in [3.8, 4) is 5.82 Å². The molecule has 44 heavy (non-hydrogen) atoms. The second-order valence-corrected chi connectivity index (χ2v) is 10.2. The van der Waals surface area contributed by atoms with Gasteiger partial charge in [-0.15, -0.1) is 0 Å². The fourth-order valence-electron chi connectivity index (χ4n) is 4.12. The lowest BCUT2D eigenvalue weighted by Gasteiger charge is -2.26. The van der Waals surface area contributed by atoms with E-state index in [4.69, 9.17) is 23.2 Å². The molecule has 0 saturated carbocycles. The zero-order valence-corrected chi connectivity index (χ0v) is 24.1. The molecule has 4 aromatic rings. The summed E-state index contributed by atoms with van der Waals surface area (Å²) in [6.45, 7) is 3.02. The summed E-state index contributed by atoms with van der Waals surface area (Å²) in [5, 5.41) is 13.7. The van der Waals surface area contributed by atoms with E-state index in [2.05, 4.69) is 25.6 Å². The van der Waals surface area contributed by atoms with Crippen LogP contribution in [0.15, 0.2) is 42.7 Å². The van der Waals surface area contributed by atoms with E-state index in [1.165, 1.54) is 30.5 Å². The average Bonchev–Trinajstić information content (AvgIpc) is 3.57. The van der Waals surface area contributed by atoms with Crippen molar-refractivity contribution in [2.45, 2.75) is 44.8 Å². The molecule has 0 aliphatic rings. The first kappa shape index (κ1) is 32.9. The van der Waals surface area contributed by atoms with Gasteiger partial charge >= 0.3 is 18.0 Å². The summed E-state index contributed by atoms with van der Waals surface area (Å²) in [6, 6.07) is 7.10. The van der Waals surface area contributed by atoms with Crippen molar-refractivity contribution in [3.05, 3.63) is 86.5 Å². The average molecular weight is 666 g/mol. The molecular formula is C26H20Cl2F7N7O2. The Morgan fingerprint density at radius 3 is 2.36 bits per heavy atom. The quantitative estimate of drug-likeness (QED) is 0.165. The highest BCUT2D eigenvalue weighted by Crippen LogP contribution is 2.51. The maximum atomic E-state index is 14.1. The van der Waals surface area contributed by atoms with Crippen molar-refractivity contribution in [2.75, 3.05) is 6.54 Å². The number of amides is 1. The van der Waals surface area contributed by atoms with E-state index in [9.17, 15) is 40.3 Å². The Hall–Kier alpha value is -4.05. The zero-order valence-electron chi connectivity index (χ0n) is 22.6. The van der Waals surface area contributed by atoms with Gasteiger partial charge in [0.05, 0.1) is 16.9 Å². The first-order valence-corrected chi connectivity index (χ1v) is 13.3. The molecule has 4 rings (SSSR count). The molecule has 234 valence electrons. The molecule has 1 N–H and O–H groups in total. The van der Waals surface area contributed by atoms with E-state index in [0.717, 1.165) is 4.68 Å². The van der Waals surface area contributed by atoms with Crippen LogP contribution in [0.5, 0.6) is 0 Å². The van der Waals surface area contributed by atoms with Crippen LogP contribution in [0.1, 0.15) is 50.3 Å². The highest BCUT2D eigenvalue weighted by atomic mass is 35.5. The molecule has 18 heteroatoms. The molecule has 0 fully saturated rings. The molecule has 3 heterocycles. The highest BCUT2D eigenvalue weighted by molar-refractivity contribution is 6.32. The molecule has 0 atom stereocenters. The van der Waals surface area contributed by atoms with Crippen LogP contribution in [0.25, 0.3) is 5.82 Å². The molecule has 0 saturated heterocycles. The van der Waals surface area contributed by atoms with Gasteiger partial charge in [0.15, 0.2) is 17.3 Å². The van der Waals surface area contributed by atoms with Gasteiger partial charge in [0.1, 0.15) is 12.2 Å². The van der Waals surface area contributed by atoms with Gasteiger partial charge in [0, 0.05) is 29.7 Å². The maximum Gasteiger partial charge on any atom is 0.460 e. The van der Waals surface area contributed by atoms with Gasteiger partial charge in [-0.2, -0.15) is 50.8 Å². The molecule has 0 aliphatic heterocycles. The number of ketones is 1. The lowest BCUT2D eigenvalue weighted by atomic mass is 9.95. The van der Waals surface area contributed by atoms with Crippen LogP contribution in [0.2, 0.25) is 10.0 Å². The predicted octanol–water partition coefficient (Wildman–Crippen LogP) is 5.99. The molecule has 1 aromatic carbocycles. The number of alkyl halides is 7. The molecule has 0 bridgehead atoms. The number of carbonyl (C=O) groups is 2. The maximum absolute atomic E-state index is 14.1. The van der Waals surface area contributed by atoms with E-state index in [-0.39, 0.29) is 45.4 Å². The van der Waals surface area contributed by atoms with Crippen LogP contribution in [0, 0.1) is 6.92 Å². The molecular weight excluding hydrogens is 646 g/mol. The van der Waals surface area contributed by atoms with Gasteiger partial charge in [-0.1, -0.05) is 23.2 Å². The molecule has 0 unspecified atom stereocenters. The van der Waals surface area contributed by atoms with E-state index in [0.29, 0.717) is 22.5 Å². The number of nitrogens with zero attached hydrogens (tertiary/aromatic N) is 6. The van der Waals surface area contributed by atoms with Crippen molar-refractivity contribution < 1.29 is 40.3 Å². The van der Waals surface area contributed by atoms with Crippen molar-refractivity contribution in [2.24, 2.45) is 0 Å². The van der Waals surface area contributed by atoms with Gasteiger partial charge in [-0.3, -0.25) is 9.59 Å². The lowest BCUT2D eigenvalue weighted by Crippen LogP contribution is -2.50. The Bertz CT molecular complexity index is 1720. The fraction of sp³-hybridized carbons (Fsp3) is 0.308. The molecule has 0 aliphatic carbocycles. The Kier molecular flexibility index (Phi) is 9.07. The molecule has 3 aromatic heterocycles. The summed E-state index contributed by atoms with van der Waals surface area (Å²) >= 11 is 12.4. The molecule has 9 nitrogen and oxygen atoms in total. The van der Waals surface area contributed by atoms with Gasteiger partial charge in [0.2, 0.25) is 0 Å². The summed E-state index contributed by atoms with van der Waals surface area (Å²) in [4.78, 5) is 30.9. The fourth-order valence-corrected chi connectivity index (χ4v) is 4.59. The van der Waals surface area contributed by atoms with Gasteiger partial charge in [-0.05, 0) is 55.3 Å². The summed E-state index contributed by atoms with van der Waals surface area (Å²) in [5.74, 6) is -13.3. The van der Waals surface area contributed by atoms with Crippen LogP contribution in [-0.2, 0) is 18.9 Å². The first-order valence-electron chi connectivity index (χ1n) is 12.5. The smallest absolute Gasteiger partial charge is 0.352 e. The number of hydrogen-bond donors (Lipinski definition) is 1. The minimum Gasteiger partial charge on any atom is -0.352 e. The van der Waals surface area contributed by atoms with Crippen LogP contribution in [0.4, 0.5) is 30.7 Å². The summed E-state index contributed by atoms with van der Waals surface area (Å²) in [5.41, 5.74) is -1.15. The van der Waals surface area contributed by atoms with Gasteiger partial charge < -0.3 is 5.32 Å². The third-order valence-corrected chi connectivity index (χ3v) is 6.77. The summed E-state index contributed by atoms with van der Waals surface area (Å²) in [7, 11) is 0. The second kappa shape index (κ2) is 12.1. The Morgan fingerprint density at radius 2 is 1.73 bits per heavy atom. The summed E-state index contributed by atoms with van der Waals surface area (Å²) < 4.78 is 94.1. The lowest BCUT2D eigenvalue weighted by molar-refractivity contribution is -0.360. The SMILES string of the molecule is CCNC(=O)c1cc(Cl)cc(C)c1CC(=O)c1cc(Cn2ncc(C(F)(F)C(F)(F)C(F)(F)F)n2)nn1-c1ncccc1Cl. The number of carbonyl (C=O) groups excluding carboxylic acids is 2. The van der Waals surface area contributed by atoms with Crippen LogP contribution in [-0.4, -0.2) is 60.1 Å². The number of pyridine rings is 1. The highest BCUT2D eigenvalue weighted by Gasteiger charge is 2.74. The largest absolute Gasteiger partial charge is 0.460 e. The Labute approximate surface area is 254 Å². The zero-order chi connectivity index (χ0) is 32.6. The van der Waals surface area contributed by atoms with E-state index in [1.807, 2.05) is 0 Å². The van der Waals surface area contributed by atoms with Crippen molar-refractivity contribution >= 4 is 34.9 Å². The normalized spacial score (nSPS) is 12.4. The minimum atomic E-state index is -6.56. The number of rotatable bonds is 10. The third-order valence-electron chi connectivity index (χ3n) is 6.25.